The second-order valence-corrected chi connectivity index (χ2v) is 4.98. The molecule has 1 atom stereocenters. The Morgan fingerprint density at radius 3 is 2.89 bits per heavy atom. The fourth-order valence-corrected chi connectivity index (χ4v) is 2.49. The Morgan fingerprint density at radius 1 is 1.50 bits per heavy atom. The van der Waals surface area contributed by atoms with Gasteiger partial charge in [0, 0.05) is 31.3 Å². The smallest absolute Gasteiger partial charge is 0.0950 e. The van der Waals surface area contributed by atoms with Crippen molar-refractivity contribution >= 4 is 0 Å². The Morgan fingerprint density at radius 2 is 2.28 bits per heavy atom. The number of nitrogens with two attached hydrogens (primary N) is 1. The van der Waals surface area contributed by atoms with Gasteiger partial charge in [-0.15, -0.1) is 0 Å². The molecule has 2 N–H and O–H groups in total. The van der Waals surface area contributed by atoms with Crippen LogP contribution in [-0.2, 0) is 4.74 Å². The van der Waals surface area contributed by atoms with Crippen molar-refractivity contribution in [3.63, 3.8) is 0 Å². The zero-order chi connectivity index (χ0) is 12.8. The van der Waals surface area contributed by atoms with E-state index in [9.17, 15) is 0 Å². The van der Waals surface area contributed by atoms with Crippen molar-refractivity contribution in [2.24, 2.45) is 5.73 Å². The van der Waals surface area contributed by atoms with Crippen LogP contribution in [0.2, 0.25) is 0 Å². The predicted octanol–water partition coefficient (Wildman–Crippen LogP) is 2.17. The average molecular weight is 252 g/mol. The molecule has 102 valence electrons. The first-order chi connectivity index (χ1) is 8.81. The third-order valence-electron chi connectivity index (χ3n) is 3.75. The van der Waals surface area contributed by atoms with Crippen molar-refractivity contribution in [2.75, 3.05) is 26.2 Å². The van der Waals surface area contributed by atoms with Gasteiger partial charge in [0.25, 0.3) is 0 Å². The van der Waals surface area contributed by atoms with E-state index in [2.05, 4.69) is 17.9 Å². The summed E-state index contributed by atoms with van der Waals surface area (Å²) in [5, 5.41) is 0. The SMILES string of the molecule is CC(c1ccoc1)N1CCC(OCCCN)CC1. The van der Waals surface area contributed by atoms with Crippen LogP contribution >= 0.6 is 0 Å². The van der Waals surface area contributed by atoms with Crippen LogP contribution in [0.15, 0.2) is 23.0 Å². The number of rotatable bonds is 6. The number of hydrogen-bond acceptors (Lipinski definition) is 4. The van der Waals surface area contributed by atoms with Gasteiger partial charge in [-0.3, -0.25) is 4.90 Å². The molecular formula is C14H24N2O2. The fraction of sp³-hybridized carbons (Fsp3) is 0.714. The lowest BCUT2D eigenvalue weighted by Gasteiger charge is -2.35. The molecule has 0 radical (unpaired) electrons. The predicted molar refractivity (Wildman–Crippen MR) is 71.3 cm³/mol. The second kappa shape index (κ2) is 6.92. The molecule has 1 saturated heterocycles. The van der Waals surface area contributed by atoms with E-state index in [4.69, 9.17) is 14.9 Å². The summed E-state index contributed by atoms with van der Waals surface area (Å²) in [6.45, 7) is 5.95. The monoisotopic (exact) mass is 252 g/mol. The third-order valence-corrected chi connectivity index (χ3v) is 3.75. The molecule has 1 unspecified atom stereocenters. The highest BCUT2D eigenvalue weighted by Gasteiger charge is 2.24. The lowest BCUT2D eigenvalue weighted by atomic mass is 10.0. The van der Waals surface area contributed by atoms with Gasteiger partial charge in [0.2, 0.25) is 0 Å². The van der Waals surface area contributed by atoms with E-state index in [1.54, 1.807) is 6.26 Å². The Balaban J connectivity index is 1.73. The van der Waals surface area contributed by atoms with Crippen LogP contribution in [0.3, 0.4) is 0 Å². The summed E-state index contributed by atoms with van der Waals surface area (Å²) in [4.78, 5) is 2.49. The molecule has 4 nitrogen and oxygen atoms in total. The molecule has 18 heavy (non-hydrogen) atoms. The molecule has 0 bridgehead atoms. The van der Waals surface area contributed by atoms with Crippen molar-refractivity contribution in [2.45, 2.75) is 38.3 Å². The minimum atomic E-state index is 0.421. The van der Waals surface area contributed by atoms with Crippen LogP contribution in [0.25, 0.3) is 0 Å². The number of piperidine rings is 1. The number of hydrogen-bond donors (Lipinski definition) is 1. The van der Waals surface area contributed by atoms with Gasteiger partial charge in [-0.05, 0) is 38.8 Å². The molecule has 0 amide bonds. The molecule has 0 aromatic carbocycles. The van der Waals surface area contributed by atoms with Gasteiger partial charge < -0.3 is 14.9 Å². The summed E-state index contributed by atoms with van der Waals surface area (Å²) < 4.78 is 11.0. The lowest BCUT2D eigenvalue weighted by molar-refractivity contribution is -0.000789. The first-order valence-electron chi connectivity index (χ1n) is 6.89. The highest BCUT2D eigenvalue weighted by molar-refractivity contribution is 5.10. The zero-order valence-corrected chi connectivity index (χ0v) is 11.2. The lowest BCUT2D eigenvalue weighted by Crippen LogP contribution is -2.38. The summed E-state index contributed by atoms with van der Waals surface area (Å²) in [5.74, 6) is 0. The molecule has 4 heteroatoms. The van der Waals surface area contributed by atoms with Gasteiger partial charge in [-0.1, -0.05) is 0 Å². The van der Waals surface area contributed by atoms with Crippen LogP contribution < -0.4 is 5.73 Å². The van der Waals surface area contributed by atoms with Gasteiger partial charge in [0.1, 0.15) is 0 Å². The van der Waals surface area contributed by atoms with Gasteiger partial charge in [-0.25, -0.2) is 0 Å². The van der Waals surface area contributed by atoms with Crippen LogP contribution in [0.5, 0.6) is 0 Å². The van der Waals surface area contributed by atoms with E-state index in [0.29, 0.717) is 12.1 Å². The van der Waals surface area contributed by atoms with Crippen molar-refractivity contribution in [3.8, 4) is 0 Å². The summed E-state index contributed by atoms with van der Waals surface area (Å²) >= 11 is 0. The summed E-state index contributed by atoms with van der Waals surface area (Å²) in [7, 11) is 0. The maximum atomic E-state index is 5.82. The third kappa shape index (κ3) is 3.57. The highest BCUT2D eigenvalue weighted by atomic mass is 16.5. The quantitative estimate of drug-likeness (QED) is 0.788. The molecule has 0 saturated carbocycles. The highest BCUT2D eigenvalue weighted by Crippen LogP contribution is 2.25. The standard InChI is InChI=1S/C14H24N2O2/c1-12(13-5-10-17-11-13)16-7-3-14(4-8-16)18-9-2-6-15/h5,10-12,14H,2-4,6-9,15H2,1H3. The van der Waals surface area contributed by atoms with E-state index in [1.165, 1.54) is 5.56 Å². The number of ether oxygens (including phenoxy) is 1. The molecule has 1 fully saturated rings. The Kier molecular flexibility index (Phi) is 5.23. The maximum absolute atomic E-state index is 5.82. The average Bonchev–Trinajstić information content (AvgIpc) is 2.93. The van der Waals surface area contributed by atoms with Gasteiger partial charge >= 0.3 is 0 Å². The molecule has 1 aromatic rings. The Labute approximate surface area is 109 Å². The van der Waals surface area contributed by atoms with Crippen molar-refractivity contribution < 1.29 is 9.15 Å². The topological polar surface area (TPSA) is 51.6 Å². The summed E-state index contributed by atoms with van der Waals surface area (Å²) in [6, 6.07) is 2.49. The number of likely N-dealkylation sites (tertiary alicyclic amines) is 1. The van der Waals surface area contributed by atoms with Crippen LogP contribution in [0.1, 0.15) is 37.8 Å². The van der Waals surface area contributed by atoms with E-state index in [1.807, 2.05) is 6.26 Å². The number of nitrogens with zero attached hydrogens (tertiary/aromatic N) is 1. The first-order valence-corrected chi connectivity index (χ1v) is 6.89. The summed E-state index contributed by atoms with van der Waals surface area (Å²) in [6.07, 6.45) is 7.21. The van der Waals surface area contributed by atoms with Gasteiger partial charge in [-0.2, -0.15) is 0 Å². The Hall–Kier alpha value is -0.840. The second-order valence-electron chi connectivity index (χ2n) is 4.98. The minimum absolute atomic E-state index is 0.421. The maximum Gasteiger partial charge on any atom is 0.0950 e. The van der Waals surface area contributed by atoms with Crippen molar-refractivity contribution in [1.29, 1.82) is 0 Å². The van der Waals surface area contributed by atoms with Crippen molar-refractivity contribution in [1.82, 2.24) is 4.90 Å². The molecule has 2 heterocycles. The van der Waals surface area contributed by atoms with E-state index in [0.717, 1.165) is 45.5 Å². The zero-order valence-electron chi connectivity index (χ0n) is 11.2. The number of furan rings is 1. The van der Waals surface area contributed by atoms with Crippen LogP contribution in [0.4, 0.5) is 0 Å². The molecular weight excluding hydrogens is 228 g/mol. The molecule has 0 spiro atoms. The van der Waals surface area contributed by atoms with E-state index < -0.39 is 0 Å². The van der Waals surface area contributed by atoms with Crippen molar-refractivity contribution in [3.05, 3.63) is 24.2 Å². The summed E-state index contributed by atoms with van der Waals surface area (Å²) in [5.41, 5.74) is 6.72. The van der Waals surface area contributed by atoms with Crippen LogP contribution in [-0.4, -0.2) is 37.2 Å². The normalized spacial score (nSPS) is 20.1. The van der Waals surface area contributed by atoms with Gasteiger partial charge in [0.05, 0.1) is 18.6 Å². The molecule has 2 rings (SSSR count). The minimum Gasteiger partial charge on any atom is -0.472 e. The molecule has 0 aliphatic carbocycles. The molecule has 1 aromatic heterocycles. The fourth-order valence-electron chi connectivity index (χ4n) is 2.49. The van der Waals surface area contributed by atoms with E-state index in [-0.39, 0.29) is 0 Å². The largest absolute Gasteiger partial charge is 0.472 e. The first kappa shape index (κ1) is 13.6. The van der Waals surface area contributed by atoms with E-state index >= 15 is 0 Å². The van der Waals surface area contributed by atoms with Crippen LogP contribution in [0, 0.1) is 0 Å². The Bertz CT molecular complexity index is 319. The van der Waals surface area contributed by atoms with Gasteiger partial charge in [0.15, 0.2) is 0 Å². The molecule has 1 aliphatic heterocycles. The molecule has 1 aliphatic rings.